The van der Waals surface area contributed by atoms with Gasteiger partial charge in [0.05, 0.1) is 18.4 Å². The van der Waals surface area contributed by atoms with Crippen LogP contribution in [-0.4, -0.2) is 30.4 Å². The molecule has 1 aliphatic rings. The highest BCUT2D eigenvalue weighted by atomic mass is 16.5. The lowest BCUT2D eigenvalue weighted by atomic mass is 9.80. The van der Waals surface area contributed by atoms with Crippen molar-refractivity contribution in [1.82, 2.24) is 5.32 Å². The van der Waals surface area contributed by atoms with Gasteiger partial charge in [-0.3, -0.25) is 0 Å². The lowest BCUT2D eigenvalue weighted by molar-refractivity contribution is -0.0287. The largest absolute Gasteiger partial charge is 0.495 e. The molecule has 3 N–H and O–H groups in total. The van der Waals surface area contributed by atoms with Gasteiger partial charge in [0, 0.05) is 6.54 Å². The summed E-state index contributed by atoms with van der Waals surface area (Å²) in [6.45, 7) is 0.286. The van der Waals surface area contributed by atoms with Gasteiger partial charge >= 0.3 is 6.03 Å². The van der Waals surface area contributed by atoms with E-state index in [1.54, 1.807) is 19.2 Å². The van der Waals surface area contributed by atoms with E-state index in [9.17, 15) is 9.90 Å². The monoisotopic (exact) mass is 250 g/mol. The fraction of sp³-hybridized carbons (Fsp3) is 0.462. The molecule has 0 unspecified atom stereocenters. The Bertz CT molecular complexity index is 430. The zero-order valence-electron chi connectivity index (χ0n) is 10.4. The highest BCUT2D eigenvalue weighted by molar-refractivity contribution is 5.90. The Morgan fingerprint density at radius 2 is 2.17 bits per heavy atom. The van der Waals surface area contributed by atoms with Gasteiger partial charge in [0.15, 0.2) is 0 Å². The number of ether oxygens (including phenoxy) is 1. The Hall–Kier alpha value is -1.75. The summed E-state index contributed by atoms with van der Waals surface area (Å²) in [4.78, 5) is 11.7. The molecule has 2 rings (SSSR count). The second-order valence-electron chi connectivity index (χ2n) is 4.59. The van der Waals surface area contributed by atoms with Crippen LogP contribution < -0.4 is 15.4 Å². The zero-order valence-corrected chi connectivity index (χ0v) is 10.4. The van der Waals surface area contributed by atoms with Gasteiger partial charge in [-0.2, -0.15) is 0 Å². The van der Waals surface area contributed by atoms with Gasteiger partial charge in [0.2, 0.25) is 0 Å². The number of nitrogens with one attached hydrogen (secondary N) is 2. The fourth-order valence-electron chi connectivity index (χ4n) is 1.92. The van der Waals surface area contributed by atoms with Crippen LogP contribution in [0.5, 0.6) is 5.75 Å². The number of para-hydroxylation sites is 2. The number of rotatable bonds is 4. The number of carbonyl (C=O) groups is 1. The van der Waals surface area contributed by atoms with E-state index in [1.165, 1.54) is 0 Å². The summed E-state index contributed by atoms with van der Waals surface area (Å²) in [5, 5.41) is 15.2. The van der Waals surface area contributed by atoms with Crippen LogP contribution >= 0.6 is 0 Å². The van der Waals surface area contributed by atoms with Crippen molar-refractivity contribution in [1.29, 1.82) is 0 Å². The lowest BCUT2D eigenvalue weighted by Crippen LogP contribution is -2.48. The normalized spacial score (nSPS) is 16.6. The third kappa shape index (κ3) is 2.92. The van der Waals surface area contributed by atoms with Crippen molar-refractivity contribution < 1.29 is 14.6 Å². The van der Waals surface area contributed by atoms with Gasteiger partial charge in [-0.25, -0.2) is 4.79 Å². The summed E-state index contributed by atoms with van der Waals surface area (Å²) in [6.07, 6.45) is 2.52. The Balaban J connectivity index is 1.86. The molecule has 0 bridgehead atoms. The molecule has 0 radical (unpaired) electrons. The van der Waals surface area contributed by atoms with Crippen molar-refractivity contribution in [2.75, 3.05) is 19.0 Å². The van der Waals surface area contributed by atoms with E-state index in [1.807, 2.05) is 12.1 Å². The second-order valence-corrected chi connectivity index (χ2v) is 4.59. The molecule has 5 heteroatoms. The van der Waals surface area contributed by atoms with Crippen LogP contribution in [-0.2, 0) is 0 Å². The zero-order chi connectivity index (χ0) is 13.0. The Morgan fingerprint density at radius 3 is 2.78 bits per heavy atom. The van der Waals surface area contributed by atoms with E-state index in [0.717, 1.165) is 19.3 Å². The van der Waals surface area contributed by atoms with E-state index in [0.29, 0.717) is 11.4 Å². The summed E-state index contributed by atoms with van der Waals surface area (Å²) >= 11 is 0. The molecule has 98 valence electrons. The summed E-state index contributed by atoms with van der Waals surface area (Å²) in [7, 11) is 1.55. The molecule has 1 aliphatic carbocycles. The van der Waals surface area contributed by atoms with E-state index in [-0.39, 0.29) is 12.6 Å². The Morgan fingerprint density at radius 1 is 1.44 bits per heavy atom. The van der Waals surface area contributed by atoms with Crippen molar-refractivity contribution in [3.63, 3.8) is 0 Å². The van der Waals surface area contributed by atoms with Gasteiger partial charge in [0.25, 0.3) is 0 Å². The number of carbonyl (C=O) groups excluding carboxylic acids is 1. The fourth-order valence-corrected chi connectivity index (χ4v) is 1.92. The van der Waals surface area contributed by atoms with Crippen molar-refractivity contribution in [3.8, 4) is 5.75 Å². The van der Waals surface area contributed by atoms with E-state index in [4.69, 9.17) is 4.74 Å². The number of hydrogen-bond donors (Lipinski definition) is 3. The molecule has 0 saturated heterocycles. The minimum atomic E-state index is -0.710. The maximum atomic E-state index is 11.7. The molecule has 18 heavy (non-hydrogen) atoms. The second kappa shape index (κ2) is 5.27. The van der Waals surface area contributed by atoms with Crippen molar-refractivity contribution in [2.45, 2.75) is 24.9 Å². The minimum absolute atomic E-state index is 0.286. The van der Waals surface area contributed by atoms with Crippen LogP contribution in [0, 0.1) is 0 Å². The van der Waals surface area contributed by atoms with Gasteiger partial charge < -0.3 is 20.5 Å². The first-order valence-electron chi connectivity index (χ1n) is 6.03. The van der Waals surface area contributed by atoms with Gasteiger partial charge in [-0.15, -0.1) is 0 Å². The number of hydrogen-bond acceptors (Lipinski definition) is 3. The van der Waals surface area contributed by atoms with E-state index >= 15 is 0 Å². The number of methoxy groups -OCH3 is 1. The van der Waals surface area contributed by atoms with Crippen molar-refractivity contribution in [2.24, 2.45) is 0 Å². The molecular weight excluding hydrogens is 232 g/mol. The number of benzene rings is 1. The lowest BCUT2D eigenvalue weighted by Gasteiger charge is -2.36. The molecule has 1 saturated carbocycles. The molecule has 2 amide bonds. The van der Waals surface area contributed by atoms with Gasteiger partial charge in [0.1, 0.15) is 5.75 Å². The van der Waals surface area contributed by atoms with Crippen LogP contribution in [0.4, 0.5) is 10.5 Å². The molecule has 1 fully saturated rings. The van der Waals surface area contributed by atoms with Crippen LogP contribution in [0.25, 0.3) is 0 Å². The molecule has 0 atom stereocenters. The van der Waals surface area contributed by atoms with Crippen LogP contribution in [0.15, 0.2) is 24.3 Å². The Kier molecular flexibility index (Phi) is 3.72. The topological polar surface area (TPSA) is 70.6 Å². The van der Waals surface area contributed by atoms with Gasteiger partial charge in [-0.05, 0) is 31.4 Å². The summed E-state index contributed by atoms with van der Waals surface area (Å²) in [5.41, 5.74) is -0.101. The number of aliphatic hydroxyl groups is 1. The highest BCUT2D eigenvalue weighted by Crippen LogP contribution is 2.30. The standard InChI is InChI=1S/C13H18N2O3/c1-18-11-6-3-2-5-10(11)15-12(16)14-9-13(17)7-4-8-13/h2-3,5-6,17H,4,7-9H2,1H3,(H2,14,15,16). The van der Waals surface area contributed by atoms with Crippen molar-refractivity contribution in [3.05, 3.63) is 24.3 Å². The molecule has 0 heterocycles. The Labute approximate surface area is 106 Å². The maximum Gasteiger partial charge on any atom is 0.319 e. The minimum Gasteiger partial charge on any atom is -0.495 e. The van der Waals surface area contributed by atoms with E-state index in [2.05, 4.69) is 10.6 Å². The molecule has 1 aromatic rings. The number of amides is 2. The smallest absolute Gasteiger partial charge is 0.319 e. The number of urea groups is 1. The third-order valence-corrected chi connectivity index (χ3v) is 3.22. The van der Waals surface area contributed by atoms with Crippen LogP contribution in [0.1, 0.15) is 19.3 Å². The van der Waals surface area contributed by atoms with Crippen LogP contribution in [0.2, 0.25) is 0 Å². The first kappa shape index (κ1) is 12.7. The molecule has 5 nitrogen and oxygen atoms in total. The predicted octanol–water partition coefficient (Wildman–Crippen LogP) is 1.73. The van der Waals surface area contributed by atoms with Crippen molar-refractivity contribution >= 4 is 11.7 Å². The molecule has 0 aliphatic heterocycles. The highest BCUT2D eigenvalue weighted by Gasteiger charge is 2.34. The SMILES string of the molecule is COc1ccccc1NC(=O)NCC1(O)CCC1. The first-order chi connectivity index (χ1) is 8.63. The van der Waals surface area contributed by atoms with Gasteiger partial charge in [-0.1, -0.05) is 12.1 Å². The molecule has 1 aromatic carbocycles. The van der Waals surface area contributed by atoms with Crippen LogP contribution in [0.3, 0.4) is 0 Å². The van der Waals surface area contributed by atoms with E-state index < -0.39 is 5.60 Å². The first-order valence-corrected chi connectivity index (χ1v) is 6.03. The maximum absolute atomic E-state index is 11.7. The third-order valence-electron chi connectivity index (χ3n) is 3.22. The number of anilines is 1. The average molecular weight is 250 g/mol. The predicted molar refractivity (Wildman–Crippen MR) is 68.8 cm³/mol. The summed E-state index contributed by atoms with van der Waals surface area (Å²) < 4.78 is 5.13. The summed E-state index contributed by atoms with van der Waals surface area (Å²) in [6, 6.07) is 6.85. The average Bonchev–Trinajstić information content (AvgIpc) is 2.35. The quantitative estimate of drug-likeness (QED) is 0.762. The molecule has 0 spiro atoms. The summed E-state index contributed by atoms with van der Waals surface area (Å²) in [5.74, 6) is 0.606. The molecular formula is C13H18N2O3. The molecule has 0 aromatic heterocycles.